The first-order valence-corrected chi connectivity index (χ1v) is 7.54. The Hall–Kier alpha value is -2.76. The number of aryl methyl sites for hydroxylation is 1. The molecule has 0 saturated carbocycles. The van der Waals surface area contributed by atoms with Crippen molar-refractivity contribution in [3.8, 4) is 5.75 Å². The highest BCUT2D eigenvalue weighted by Crippen LogP contribution is 2.32. The molecular weight excluding hydrogens is 292 g/mol. The molecule has 1 aliphatic rings. The fourth-order valence-electron chi connectivity index (χ4n) is 3.10. The minimum atomic E-state index is 0.106. The number of benzene rings is 1. The van der Waals surface area contributed by atoms with Gasteiger partial charge in [-0.15, -0.1) is 0 Å². The first-order valence-electron chi connectivity index (χ1n) is 7.54. The number of fused-ring (bicyclic) bond motifs is 2. The molecule has 2 aromatic heterocycles. The van der Waals surface area contributed by atoms with Gasteiger partial charge in [0.2, 0.25) is 0 Å². The SMILES string of the molecule is COc1ccc([C@@H]2CC(=O)c3cn4nc(C)nc4nc3C2)cc1. The molecule has 0 unspecified atom stereocenters. The van der Waals surface area contributed by atoms with Crippen LogP contribution >= 0.6 is 0 Å². The van der Waals surface area contributed by atoms with Gasteiger partial charge in [0.1, 0.15) is 11.6 Å². The molecule has 1 aliphatic carbocycles. The summed E-state index contributed by atoms with van der Waals surface area (Å²) < 4.78 is 6.77. The Morgan fingerprint density at radius 3 is 2.70 bits per heavy atom. The Morgan fingerprint density at radius 1 is 1.17 bits per heavy atom. The van der Waals surface area contributed by atoms with Gasteiger partial charge in [0.25, 0.3) is 5.78 Å². The predicted octanol–water partition coefficient (Wildman–Crippen LogP) is 2.35. The molecule has 0 bridgehead atoms. The third-order valence-electron chi connectivity index (χ3n) is 4.28. The second-order valence-electron chi connectivity index (χ2n) is 5.81. The van der Waals surface area contributed by atoms with Crippen LogP contribution in [-0.2, 0) is 6.42 Å². The molecular formula is C17H16N4O2. The van der Waals surface area contributed by atoms with Gasteiger partial charge in [0, 0.05) is 12.6 Å². The van der Waals surface area contributed by atoms with E-state index in [-0.39, 0.29) is 11.7 Å². The van der Waals surface area contributed by atoms with Gasteiger partial charge in [-0.1, -0.05) is 12.1 Å². The highest BCUT2D eigenvalue weighted by Gasteiger charge is 2.28. The third kappa shape index (κ3) is 2.36. The zero-order valence-corrected chi connectivity index (χ0v) is 13.0. The van der Waals surface area contributed by atoms with E-state index in [1.54, 1.807) is 17.8 Å². The Labute approximate surface area is 133 Å². The lowest BCUT2D eigenvalue weighted by molar-refractivity contribution is 0.0962. The van der Waals surface area contributed by atoms with Gasteiger partial charge in [-0.3, -0.25) is 4.79 Å². The monoisotopic (exact) mass is 308 g/mol. The number of rotatable bonds is 2. The maximum absolute atomic E-state index is 12.5. The fraction of sp³-hybridized carbons (Fsp3) is 0.294. The Kier molecular flexibility index (Phi) is 3.11. The summed E-state index contributed by atoms with van der Waals surface area (Å²) in [4.78, 5) is 21.3. The lowest BCUT2D eigenvalue weighted by Gasteiger charge is -2.23. The summed E-state index contributed by atoms with van der Waals surface area (Å²) >= 11 is 0. The second-order valence-corrected chi connectivity index (χ2v) is 5.81. The fourth-order valence-corrected chi connectivity index (χ4v) is 3.10. The quantitative estimate of drug-likeness (QED) is 0.727. The predicted molar refractivity (Wildman–Crippen MR) is 83.9 cm³/mol. The van der Waals surface area contributed by atoms with Gasteiger partial charge < -0.3 is 4.74 Å². The lowest BCUT2D eigenvalue weighted by atomic mass is 9.82. The normalized spacial score (nSPS) is 17.3. The summed E-state index contributed by atoms with van der Waals surface area (Å²) in [6.07, 6.45) is 2.97. The molecule has 1 aromatic carbocycles. The van der Waals surface area contributed by atoms with Gasteiger partial charge in [-0.2, -0.15) is 10.1 Å². The minimum absolute atomic E-state index is 0.106. The zero-order valence-electron chi connectivity index (χ0n) is 13.0. The van der Waals surface area contributed by atoms with Crippen LogP contribution in [0.5, 0.6) is 5.75 Å². The average Bonchev–Trinajstić information content (AvgIpc) is 2.92. The number of ether oxygens (including phenoxy) is 1. The van der Waals surface area contributed by atoms with Crippen LogP contribution in [0.1, 0.15) is 39.8 Å². The second kappa shape index (κ2) is 5.15. The van der Waals surface area contributed by atoms with E-state index in [0.717, 1.165) is 23.4 Å². The maximum Gasteiger partial charge on any atom is 0.252 e. The Morgan fingerprint density at radius 2 is 1.96 bits per heavy atom. The van der Waals surface area contributed by atoms with Gasteiger partial charge >= 0.3 is 0 Å². The number of hydrogen-bond donors (Lipinski definition) is 0. The van der Waals surface area contributed by atoms with Crippen LogP contribution in [0.25, 0.3) is 5.78 Å². The van der Waals surface area contributed by atoms with Gasteiger partial charge in [-0.25, -0.2) is 9.50 Å². The number of carbonyl (C=O) groups is 1. The van der Waals surface area contributed by atoms with Gasteiger partial charge in [0.05, 0.1) is 18.4 Å². The number of nitrogens with zero attached hydrogens (tertiary/aromatic N) is 4. The van der Waals surface area contributed by atoms with E-state index in [1.165, 1.54) is 0 Å². The van der Waals surface area contributed by atoms with Crippen LogP contribution in [0.15, 0.2) is 30.5 Å². The molecule has 0 N–H and O–H groups in total. The molecule has 4 rings (SSSR count). The van der Waals surface area contributed by atoms with E-state index in [2.05, 4.69) is 15.1 Å². The summed E-state index contributed by atoms with van der Waals surface area (Å²) in [6.45, 7) is 1.82. The molecule has 0 spiro atoms. The summed E-state index contributed by atoms with van der Waals surface area (Å²) in [5, 5.41) is 4.23. The molecule has 116 valence electrons. The molecule has 0 fully saturated rings. The molecule has 6 nitrogen and oxygen atoms in total. The van der Waals surface area contributed by atoms with Crippen LogP contribution in [0.4, 0.5) is 0 Å². The van der Waals surface area contributed by atoms with Crippen molar-refractivity contribution in [2.75, 3.05) is 7.11 Å². The van der Waals surface area contributed by atoms with Gasteiger partial charge in [0.15, 0.2) is 5.78 Å². The lowest BCUT2D eigenvalue weighted by Crippen LogP contribution is -2.21. The highest BCUT2D eigenvalue weighted by atomic mass is 16.5. The Bertz CT molecular complexity index is 899. The zero-order chi connectivity index (χ0) is 16.0. The van der Waals surface area contributed by atoms with Crippen molar-refractivity contribution in [1.29, 1.82) is 0 Å². The minimum Gasteiger partial charge on any atom is -0.497 e. The number of methoxy groups -OCH3 is 1. The van der Waals surface area contributed by atoms with Crippen LogP contribution in [-0.4, -0.2) is 32.5 Å². The molecule has 0 amide bonds. The third-order valence-corrected chi connectivity index (χ3v) is 4.28. The van der Waals surface area contributed by atoms with Crippen LogP contribution in [0, 0.1) is 6.92 Å². The summed E-state index contributed by atoms with van der Waals surface area (Å²) in [5.74, 6) is 2.26. The van der Waals surface area contributed by atoms with Crippen molar-refractivity contribution in [1.82, 2.24) is 19.6 Å². The van der Waals surface area contributed by atoms with Crippen molar-refractivity contribution >= 4 is 11.6 Å². The first-order chi connectivity index (χ1) is 11.1. The van der Waals surface area contributed by atoms with E-state index < -0.39 is 0 Å². The maximum atomic E-state index is 12.5. The Balaban J connectivity index is 1.72. The molecule has 6 heteroatoms. The average molecular weight is 308 g/mol. The highest BCUT2D eigenvalue weighted by molar-refractivity contribution is 5.98. The smallest absolute Gasteiger partial charge is 0.252 e. The topological polar surface area (TPSA) is 69.4 Å². The molecule has 0 saturated heterocycles. The van der Waals surface area contributed by atoms with Crippen molar-refractivity contribution < 1.29 is 9.53 Å². The van der Waals surface area contributed by atoms with Crippen LogP contribution < -0.4 is 4.74 Å². The molecule has 0 radical (unpaired) electrons. The standard InChI is InChI=1S/C17H16N4O2/c1-10-18-17-19-15-7-12(11-3-5-13(23-2)6-4-11)8-16(22)14(15)9-21(17)20-10/h3-6,9,12H,7-8H2,1-2H3/t12-/m0/s1. The first kappa shape index (κ1) is 13.9. The van der Waals surface area contributed by atoms with E-state index in [0.29, 0.717) is 23.6 Å². The van der Waals surface area contributed by atoms with Crippen molar-refractivity contribution in [3.63, 3.8) is 0 Å². The van der Waals surface area contributed by atoms with Crippen molar-refractivity contribution in [2.24, 2.45) is 0 Å². The molecule has 3 aromatic rings. The van der Waals surface area contributed by atoms with E-state index >= 15 is 0 Å². The van der Waals surface area contributed by atoms with Crippen LogP contribution in [0.2, 0.25) is 0 Å². The van der Waals surface area contributed by atoms with E-state index in [9.17, 15) is 4.79 Å². The van der Waals surface area contributed by atoms with Crippen LogP contribution in [0.3, 0.4) is 0 Å². The molecule has 2 heterocycles. The van der Waals surface area contributed by atoms with E-state index in [4.69, 9.17) is 4.74 Å². The molecule has 0 aliphatic heterocycles. The van der Waals surface area contributed by atoms with Crippen molar-refractivity contribution in [2.45, 2.75) is 25.7 Å². The number of hydrogen-bond acceptors (Lipinski definition) is 5. The number of ketones is 1. The van der Waals surface area contributed by atoms with Crippen molar-refractivity contribution in [3.05, 3.63) is 53.1 Å². The summed E-state index contributed by atoms with van der Waals surface area (Å²) in [5.41, 5.74) is 2.60. The number of aromatic nitrogens is 4. The largest absolute Gasteiger partial charge is 0.497 e. The molecule has 1 atom stereocenters. The number of carbonyl (C=O) groups excluding carboxylic acids is 1. The number of Topliss-reactive ketones (excluding diaryl/α,β-unsaturated/α-hetero) is 1. The van der Waals surface area contributed by atoms with E-state index in [1.807, 2.05) is 31.2 Å². The molecule has 23 heavy (non-hydrogen) atoms. The summed E-state index contributed by atoms with van der Waals surface area (Å²) in [6, 6.07) is 7.88. The summed E-state index contributed by atoms with van der Waals surface area (Å²) in [7, 11) is 1.64. The van der Waals surface area contributed by atoms with Gasteiger partial charge in [-0.05, 0) is 37.0 Å².